The molecule has 4 rings (SSSR count). The number of pyridine rings is 1. The minimum absolute atomic E-state index is 0.0320. The molecule has 0 bridgehead atoms. The molecule has 162 valence electrons. The molecule has 1 spiro atoms. The molecule has 6 heteroatoms. The van der Waals surface area contributed by atoms with Crippen LogP contribution in [-0.4, -0.2) is 15.2 Å². The molecule has 2 aromatic rings. The normalized spacial score (nSPS) is 21.4. The first-order chi connectivity index (χ1) is 14.0. The smallest absolute Gasteiger partial charge is 0.388 e. The van der Waals surface area contributed by atoms with Crippen LogP contribution in [-0.2, 0) is 12.6 Å². The molecule has 1 saturated carbocycles. The van der Waals surface area contributed by atoms with Crippen molar-refractivity contribution in [3.8, 4) is 0 Å². The van der Waals surface area contributed by atoms with Crippen LogP contribution in [0.25, 0.3) is 0 Å². The fraction of sp³-hybridized carbons (Fsp3) is 0.542. The van der Waals surface area contributed by atoms with E-state index in [1.165, 1.54) is 18.6 Å². The van der Waals surface area contributed by atoms with E-state index in [0.29, 0.717) is 17.5 Å². The van der Waals surface area contributed by atoms with Crippen LogP contribution in [0.3, 0.4) is 0 Å². The third kappa shape index (κ3) is 3.54. The summed E-state index contributed by atoms with van der Waals surface area (Å²) in [5.41, 5.74) is 3.65. The van der Waals surface area contributed by atoms with Gasteiger partial charge in [0.25, 0.3) is 0 Å². The van der Waals surface area contributed by atoms with Crippen molar-refractivity contribution < 1.29 is 23.4 Å². The first-order valence-electron chi connectivity index (χ1n) is 10.6. The van der Waals surface area contributed by atoms with E-state index in [2.05, 4.69) is 0 Å². The molecule has 1 aromatic heterocycles. The molecule has 2 aliphatic rings. The maximum Gasteiger partial charge on any atom is 0.416 e. The number of aliphatic hydroxyl groups excluding tert-OH is 2. The van der Waals surface area contributed by atoms with Gasteiger partial charge in [0.15, 0.2) is 0 Å². The predicted molar refractivity (Wildman–Crippen MR) is 108 cm³/mol. The van der Waals surface area contributed by atoms with Crippen LogP contribution in [0.5, 0.6) is 0 Å². The van der Waals surface area contributed by atoms with Crippen LogP contribution in [0, 0.1) is 12.3 Å². The summed E-state index contributed by atoms with van der Waals surface area (Å²) in [6, 6.07) is 4.61. The van der Waals surface area contributed by atoms with E-state index in [-0.39, 0.29) is 11.3 Å². The Morgan fingerprint density at radius 2 is 1.77 bits per heavy atom. The second-order valence-electron chi connectivity index (χ2n) is 9.32. The van der Waals surface area contributed by atoms with Gasteiger partial charge in [-0.05, 0) is 67.2 Å². The maximum absolute atomic E-state index is 12.9. The molecule has 0 aliphatic heterocycles. The van der Waals surface area contributed by atoms with Crippen molar-refractivity contribution in [2.45, 2.75) is 77.2 Å². The molecule has 0 saturated heterocycles. The van der Waals surface area contributed by atoms with Crippen molar-refractivity contribution in [1.82, 2.24) is 4.98 Å². The van der Waals surface area contributed by atoms with Gasteiger partial charge in [-0.3, -0.25) is 4.98 Å². The number of benzene rings is 1. The second-order valence-corrected chi connectivity index (χ2v) is 9.32. The van der Waals surface area contributed by atoms with Crippen molar-refractivity contribution in [3.05, 3.63) is 63.5 Å². The zero-order chi connectivity index (χ0) is 21.8. The SMILES string of the molecule is Cc1c2c(nc(C(C)C)c1C(O)c1ccc(C(F)(F)F)cc1)CC1(CCC1)CC2O. The van der Waals surface area contributed by atoms with Gasteiger partial charge < -0.3 is 10.2 Å². The van der Waals surface area contributed by atoms with Crippen LogP contribution in [0.1, 0.15) is 96.9 Å². The number of rotatable bonds is 3. The van der Waals surface area contributed by atoms with Gasteiger partial charge in [-0.25, -0.2) is 0 Å². The van der Waals surface area contributed by atoms with Crippen molar-refractivity contribution >= 4 is 0 Å². The number of aliphatic hydroxyl groups is 2. The van der Waals surface area contributed by atoms with Crippen LogP contribution in [0.15, 0.2) is 24.3 Å². The summed E-state index contributed by atoms with van der Waals surface area (Å²) in [5, 5.41) is 22.1. The number of aromatic nitrogens is 1. The lowest BCUT2D eigenvalue weighted by Gasteiger charge is -2.47. The van der Waals surface area contributed by atoms with Gasteiger partial charge in [-0.1, -0.05) is 32.4 Å². The van der Waals surface area contributed by atoms with Crippen LogP contribution >= 0.6 is 0 Å². The molecule has 0 amide bonds. The molecule has 2 N–H and O–H groups in total. The van der Waals surface area contributed by atoms with Crippen molar-refractivity contribution in [2.24, 2.45) is 5.41 Å². The van der Waals surface area contributed by atoms with Crippen molar-refractivity contribution in [3.63, 3.8) is 0 Å². The van der Waals surface area contributed by atoms with Crippen LogP contribution < -0.4 is 0 Å². The van der Waals surface area contributed by atoms with Crippen molar-refractivity contribution in [2.75, 3.05) is 0 Å². The molecule has 0 radical (unpaired) electrons. The minimum atomic E-state index is -4.42. The zero-order valence-corrected chi connectivity index (χ0v) is 17.6. The van der Waals surface area contributed by atoms with Gasteiger partial charge in [0, 0.05) is 22.5 Å². The van der Waals surface area contributed by atoms with Gasteiger partial charge >= 0.3 is 6.18 Å². The number of alkyl halides is 3. The molecule has 2 aliphatic carbocycles. The molecular weight excluding hydrogens is 391 g/mol. The molecule has 30 heavy (non-hydrogen) atoms. The molecular formula is C24H28F3NO2. The van der Waals surface area contributed by atoms with E-state index in [1.54, 1.807) is 0 Å². The second kappa shape index (κ2) is 7.34. The van der Waals surface area contributed by atoms with E-state index in [9.17, 15) is 23.4 Å². The zero-order valence-electron chi connectivity index (χ0n) is 17.6. The first kappa shape index (κ1) is 21.3. The Labute approximate surface area is 175 Å². The Bertz CT molecular complexity index is 946. The van der Waals surface area contributed by atoms with Gasteiger partial charge in [0.1, 0.15) is 6.10 Å². The number of nitrogens with zero attached hydrogens (tertiary/aromatic N) is 1. The number of hydrogen-bond donors (Lipinski definition) is 2. The van der Waals surface area contributed by atoms with Crippen molar-refractivity contribution in [1.29, 1.82) is 0 Å². The first-order valence-corrected chi connectivity index (χ1v) is 10.6. The highest BCUT2D eigenvalue weighted by Gasteiger charge is 2.45. The average molecular weight is 419 g/mol. The van der Waals surface area contributed by atoms with E-state index >= 15 is 0 Å². The van der Waals surface area contributed by atoms with E-state index in [0.717, 1.165) is 53.9 Å². The van der Waals surface area contributed by atoms with Gasteiger partial charge in [0.05, 0.1) is 11.7 Å². The largest absolute Gasteiger partial charge is 0.416 e. The summed E-state index contributed by atoms with van der Waals surface area (Å²) in [4.78, 5) is 4.90. The van der Waals surface area contributed by atoms with Gasteiger partial charge in [-0.2, -0.15) is 13.2 Å². The Kier molecular flexibility index (Phi) is 5.22. The summed E-state index contributed by atoms with van der Waals surface area (Å²) in [6.07, 6.45) is -1.19. The Balaban J connectivity index is 1.78. The highest BCUT2D eigenvalue weighted by Crippen LogP contribution is 2.54. The monoisotopic (exact) mass is 419 g/mol. The summed E-state index contributed by atoms with van der Waals surface area (Å²) >= 11 is 0. The maximum atomic E-state index is 12.9. The van der Waals surface area contributed by atoms with Crippen LogP contribution in [0.4, 0.5) is 13.2 Å². The molecule has 3 nitrogen and oxygen atoms in total. The standard InChI is InChI=1S/C24H28F3NO2/c1-13(2)21-20(22(30)15-5-7-16(8-6-15)24(25,26)27)14(3)19-17(28-21)11-23(9-4-10-23)12-18(19)29/h5-8,13,18,22,29-30H,4,9-12H2,1-3H3. The van der Waals surface area contributed by atoms with Crippen LogP contribution in [0.2, 0.25) is 0 Å². The fourth-order valence-electron chi connectivity index (χ4n) is 5.20. The Morgan fingerprint density at radius 3 is 2.27 bits per heavy atom. The topological polar surface area (TPSA) is 53.4 Å². The van der Waals surface area contributed by atoms with E-state index in [1.807, 2.05) is 20.8 Å². The average Bonchev–Trinajstić information content (AvgIpc) is 2.64. The summed E-state index contributed by atoms with van der Waals surface area (Å²) in [7, 11) is 0. The lowest BCUT2D eigenvalue weighted by Crippen LogP contribution is -2.38. The number of fused-ring (bicyclic) bond motifs is 1. The third-order valence-electron chi connectivity index (χ3n) is 6.94. The molecule has 1 fully saturated rings. The molecule has 2 atom stereocenters. The highest BCUT2D eigenvalue weighted by atomic mass is 19.4. The Morgan fingerprint density at radius 1 is 1.13 bits per heavy atom. The van der Waals surface area contributed by atoms with Gasteiger partial charge in [0.2, 0.25) is 0 Å². The fourth-order valence-corrected chi connectivity index (χ4v) is 5.20. The summed E-state index contributed by atoms with van der Waals surface area (Å²) < 4.78 is 38.7. The molecule has 1 heterocycles. The third-order valence-corrected chi connectivity index (χ3v) is 6.94. The molecule has 2 unspecified atom stereocenters. The van der Waals surface area contributed by atoms with E-state index < -0.39 is 23.9 Å². The summed E-state index contributed by atoms with van der Waals surface area (Å²) in [6.45, 7) is 5.88. The van der Waals surface area contributed by atoms with E-state index in [4.69, 9.17) is 4.98 Å². The molecule has 1 aromatic carbocycles. The van der Waals surface area contributed by atoms with Gasteiger partial charge in [-0.15, -0.1) is 0 Å². The number of hydrogen-bond acceptors (Lipinski definition) is 3. The summed E-state index contributed by atoms with van der Waals surface area (Å²) in [5.74, 6) is 0.0320. The predicted octanol–water partition coefficient (Wildman–Crippen LogP) is 5.76. The highest BCUT2D eigenvalue weighted by molar-refractivity contribution is 5.48. The minimum Gasteiger partial charge on any atom is -0.388 e. The lowest BCUT2D eigenvalue weighted by molar-refractivity contribution is -0.137. The Hall–Kier alpha value is -1.92. The number of halogens is 3. The quantitative estimate of drug-likeness (QED) is 0.665. The lowest BCUT2D eigenvalue weighted by atomic mass is 9.59.